The maximum Gasteiger partial charge on any atom is 0.307 e. The number of methoxy groups -OCH3 is 2. The first-order valence-electron chi connectivity index (χ1n) is 7.59. The molecule has 2 aromatic rings. The van der Waals surface area contributed by atoms with Crippen molar-refractivity contribution in [1.82, 2.24) is 4.57 Å². The standard InChI is InChI=1S/C17H22N2O4S/c1-17(2,3)15(21)18-16-19(9-8-14(20)23-5)12-7-6-11(22-4)10-13(12)24-16/h6-7,10H,8-9H2,1-5H3. The summed E-state index contributed by atoms with van der Waals surface area (Å²) in [5, 5.41) is 0. The van der Waals surface area contributed by atoms with Crippen LogP contribution in [0.5, 0.6) is 5.75 Å². The molecule has 0 N–H and O–H groups in total. The van der Waals surface area contributed by atoms with Crippen LogP contribution >= 0.6 is 11.3 Å². The summed E-state index contributed by atoms with van der Waals surface area (Å²) >= 11 is 1.40. The molecule has 0 spiro atoms. The number of nitrogens with zero attached hydrogens (tertiary/aromatic N) is 2. The molecule has 0 aliphatic carbocycles. The van der Waals surface area contributed by atoms with Gasteiger partial charge in [0.2, 0.25) is 0 Å². The van der Waals surface area contributed by atoms with Gasteiger partial charge < -0.3 is 14.0 Å². The lowest BCUT2D eigenvalue weighted by molar-refractivity contribution is -0.140. The maximum absolute atomic E-state index is 12.3. The van der Waals surface area contributed by atoms with Crippen molar-refractivity contribution in [2.75, 3.05) is 14.2 Å². The largest absolute Gasteiger partial charge is 0.497 e. The summed E-state index contributed by atoms with van der Waals surface area (Å²) in [5.74, 6) is 0.230. The van der Waals surface area contributed by atoms with Crippen LogP contribution in [0.3, 0.4) is 0 Å². The zero-order chi connectivity index (χ0) is 17.9. The van der Waals surface area contributed by atoms with Crippen LogP contribution in [0.15, 0.2) is 23.2 Å². The average Bonchev–Trinajstić information content (AvgIpc) is 2.87. The molecule has 1 heterocycles. The fourth-order valence-corrected chi connectivity index (χ4v) is 3.12. The molecule has 0 atom stereocenters. The Morgan fingerprint density at radius 3 is 2.54 bits per heavy atom. The van der Waals surface area contributed by atoms with Gasteiger partial charge in [0.1, 0.15) is 5.75 Å². The Hall–Kier alpha value is -2.15. The number of ether oxygens (including phenoxy) is 2. The van der Waals surface area contributed by atoms with Crippen LogP contribution < -0.4 is 9.54 Å². The Kier molecular flexibility index (Phi) is 5.43. The smallest absolute Gasteiger partial charge is 0.307 e. The van der Waals surface area contributed by atoms with Crippen molar-refractivity contribution in [1.29, 1.82) is 0 Å². The summed E-state index contributed by atoms with van der Waals surface area (Å²) < 4.78 is 12.8. The minimum atomic E-state index is -0.561. The fraction of sp³-hybridized carbons (Fsp3) is 0.471. The van der Waals surface area contributed by atoms with Gasteiger partial charge in [-0.2, -0.15) is 4.99 Å². The lowest BCUT2D eigenvalue weighted by Crippen LogP contribution is -2.24. The monoisotopic (exact) mass is 350 g/mol. The quantitative estimate of drug-likeness (QED) is 0.795. The molecule has 24 heavy (non-hydrogen) atoms. The Labute approximate surface area is 144 Å². The molecule has 0 saturated carbocycles. The molecule has 130 valence electrons. The molecular formula is C17H22N2O4S. The van der Waals surface area contributed by atoms with Crippen molar-refractivity contribution in [2.45, 2.75) is 33.7 Å². The minimum Gasteiger partial charge on any atom is -0.497 e. The third kappa shape index (κ3) is 4.03. The maximum atomic E-state index is 12.3. The van der Waals surface area contributed by atoms with Crippen LogP contribution in [0, 0.1) is 5.41 Å². The van der Waals surface area contributed by atoms with Crippen LogP contribution in [0.1, 0.15) is 27.2 Å². The second-order valence-electron chi connectivity index (χ2n) is 6.36. The number of benzene rings is 1. The van der Waals surface area contributed by atoms with Crippen molar-refractivity contribution >= 4 is 33.4 Å². The van der Waals surface area contributed by atoms with Crippen LogP contribution in [0.2, 0.25) is 0 Å². The van der Waals surface area contributed by atoms with Gasteiger partial charge in [-0.15, -0.1) is 0 Å². The first-order chi connectivity index (χ1) is 11.3. The molecular weight excluding hydrogens is 328 g/mol. The predicted molar refractivity (Wildman–Crippen MR) is 93.0 cm³/mol. The fourth-order valence-electron chi connectivity index (χ4n) is 2.04. The summed E-state index contributed by atoms with van der Waals surface area (Å²) in [7, 11) is 2.96. The highest BCUT2D eigenvalue weighted by molar-refractivity contribution is 7.16. The number of esters is 1. The van der Waals surface area contributed by atoms with Crippen molar-refractivity contribution < 1.29 is 19.1 Å². The molecule has 0 aliphatic heterocycles. The lowest BCUT2D eigenvalue weighted by atomic mass is 9.96. The molecule has 1 aromatic carbocycles. The molecule has 6 nitrogen and oxygen atoms in total. The van der Waals surface area contributed by atoms with E-state index in [1.807, 2.05) is 43.5 Å². The van der Waals surface area contributed by atoms with Gasteiger partial charge in [-0.3, -0.25) is 9.59 Å². The number of carbonyl (C=O) groups excluding carboxylic acids is 2. The Balaban J connectivity index is 2.56. The number of carbonyl (C=O) groups is 2. The number of fused-ring (bicyclic) bond motifs is 1. The van der Waals surface area contributed by atoms with Gasteiger partial charge in [-0.05, 0) is 18.2 Å². The number of aromatic nitrogens is 1. The SMILES string of the molecule is COC(=O)CCn1c(=NC(=O)C(C)(C)C)sc2cc(OC)ccc21. The van der Waals surface area contributed by atoms with Crippen molar-refractivity contribution in [3.05, 3.63) is 23.0 Å². The Morgan fingerprint density at radius 2 is 1.96 bits per heavy atom. The number of aryl methyl sites for hydroxylation is 1. The Morgan fingerprint density at radius 1 is 1.25 bits per heavy atom. The lowest BCUT2D eigenvalue weighted by Gasteiger charge is -2.12. The molecule has 0 aliphatic rings. The average molecular weight is 350 g/mol. The number of hydrogen-bond acceptors (Lipinski definition) is 5. The highest BCUT2D eigenvalue weighted by Crippen LogP contribution is 2.24. The first kappa shape index (κ1) is 18.2. The number of rotatable bonds is 4. The van der Waals surface area contributed by atoms with Gasteiger partial charge in [0.15, 0.2) is 4.80 Å². The molecule has 0 fully saturated rings. The molecule has 1 aromatic heterocycles. The van der Waals surface area contributed by atoms with E-state index in [9.17, 15) is 9.59 Å². The summed E-state index contributed by atoms with van der Waals surface area (Å²) in [5.41, 5.74) is 0.346. The van der Waals surface area contributed by atoms with Gasteiger partial charge >= 0.3 is 5.97 Å². The second-order valence-corrected chi connectivity index (χ2v) is 7.37. The van der Waals surface area contributed by atoms with E-state index < -0.39 is 5.41 Å². The highest BCUT2D eigenvalue weighted by atomic mass is 32.1. The summed E-state index contributed by atoms with van der Waals surface area (Å²) in [4.78, 5) is 28.6. The van der Waals surface area contributed by atoms with E-state index >= 15 is 0 Å². The van der Waals surface area contributed by atoms with Gasteiger partial charge in [0.25, 0.3) is 5.91 Å². The van der Waals surface area contributed by atoms with Crippen LogP contribution in [-0.4, -0.2) is 30.7 Å². The predicted octanol–water partition coefficient (Wildman–Crippen LogP) is 2.75. The third-order valence-corrected chi connectivity index (χ3v) is 4.54. The van der Waals surface area contributed by atoms with E-state index in [1.165, 1.54) is 18.4 Å². The van der Waals surface area contributed by atoms with E-state index in [2.05, 4.69) is 4.99 Å². The van der Waals surface area contributed by atoms with Gasteiger partial charge in [-0.25, -0.2) is 0 Å². The van der Waals surface area contributed by atoms with E-state index in [0.717, 1.165) is 16.0 Å². The zero-order valence-electron chi connectivity index (χ0n) is 14.6. The summed E-state index contributed by atoms with van der Waals surface area (Å²) in [6.45, 7) is 5.88. The number of thiazole rings is 1. The van der Waals surface area contributed by atoms with Crippen LogP contribution in [0.25, 0.3) is 10.2 Å². The first-order valence-corrected chi connectivity index (χ1v) is 8.41. The van der Waals surface area contributed by atoms with Crippen molar-refractivity contribution in [2.24, 2.45) is 10.4 Å². The van der Waals surface area contributed by atoms with Gasteiger partial charge in [0, 0.05) is 12.0 Å². The van der Waals surface area contributed by atoms with E-state index in [4.69, 9.17) is 9.47 Å². The molecule has 2 rings (SSSR count). The van der Waals surface area contributed by atoms with Crippen LogP contribution in [0.4, 0.5) is 0 Å². The van der Waals surface area contributed by atoms with E-state index in [0.29, 0.717) is 11.3 Å². The second kappa shape index (κ2) is 7.17. The minimum absolute atomic E-state index is 0.201. The number of amides is 1. The topological polar surface area (TPSA) is 69.9 Å². The molecule has 7 heteroatoms. The number of hydrogen-bond donors (Lipinski definition) is 0. The van der Waals surface area contributed by atoms with Crippen molar-refractivity contribution in [3.8, 4) is 5.75 Å². The molecule has 1 amide bonds. The summed E-state index contributed by atoms with van der Waals surface area (Å²) in [6, 6.07) is 5.65. The third-order valence-electron chi connectivity index (χ3n) is 3.50. The van der Waals surface area contributed by atoms with E-state index in [-0.39, 0.29) is 18.3 Å². The Bertz CT molecular complexity index is 827. The van der Waals surface area contributed by atoms with Gasteiger partial charge in [-0.1, -0.05) is 32.1 Å². The molecule has 0 unspecified atom stereocenters. The molecule has 0 saturated heterocycles. The van der Waals surface area contributed by atoms with Crippen molar-refractivity contribution in [3.63, 3.8) is 0 Å². The van der Waals surface area contributed by atoms with Crippen LogP contribution in [-0.2, 0) is 20.9 Å². The summed E-state index contributed by atoms with van der Waals surface area (Å²) in [6.07, 6.45) is 0.214. The molecule has 0 radical (unpaired) electrons. The normalized spacial score (nSPS) is 12.5. The highest BCUT2D eigenvalue weighted by Gasteiger charge is 2.21. The van der Waals surface area contributed by atoms with E-state index in [1.54, 1.807) is 7.11 Å². The molecule has 0 bridgehead atoms. The zero-order valence-corrected chi connectivity index (χ0v) is 15.4. The van der Waals surface area contributed by atoms with Gasteiger partial charge in [0.05, 0.1) is 30.9 Å².